The number of hydrogen-bond donors (Lipinski definition) is 0. The molecule has 9 heavy (non-hydrogen) atoms. The third kappa shape index (κ3) is 7.69. The lowest BCUT2D eigenvalue weighted by molar-refractivity contribution is 0.601. The summed E-state index contributed by atoms with van der Waals surface area (Å²) in [6, 6.07) is 0. The molecule has 0 rings (SSSR count). The first-order chi connectivity index (χ1) is 4.06. The molecular weight excluding hydrogens is 136 g/mol. The summed E-state index contributed by atoms with van der Waals surface area (Å²) in [4.78, 5) is 0. The average Bonchev–Trinajstić information content (AvgIpc) is 1.63. The van der Waals surface area contributed by atoms with Gasteiger partial charge in [-0.3, -0.25) is 0 Å². The normalized spacial score (nSPS) is 12.7. The Balaban J connectivity index is 3.53. The van der Waals surface area contributed by atoms with Gasteiger partial charge < -0.3 is 0 Å². The van der Waals surface area contributed by atoms with E-state index in [1.807, 2.05) is 19.1 Å². The molecule has 0 aliphatic rings. The summed E-state index contributed by atoms with van der Waals surface area (Å²) in [7, 11) is -2.75. The third-order valence-corrected chi connectivity index (χ3v) is 1.87. The molecule has 0 unspecified atom stereocenters. The lowest BCUT2D eigenvalue weighted by Crippen LogP contribution is -2.00. The van der Waals surface area contributed by atoms with Gasteiger partial charge in [0.15, 0.2) is 0 Å². The zero-order valence-electron chi connectivity index (χ0n) is 5.79. The van der Waals surface area contributed by atoms with Crippen molar-refractivity contribution in [1.29, 1.82) is 0 Å². The average molecular weight is 148 g/mol. The molecule has 0 aliphatic carbocycles. The first-order valence-corrected chi connectivity index (χ1v) is 4.91. The summed E-state index contributed by atoms with van der Waals surface area (Å²) >= 11 is 0. The molecule has 0 heterocycles. The fourth-order valence-electron chi connectivity index (χ4n) is 0.449. The Hall–Kier alpha value is -0.310. The van der Waals surface area contributed by atoms with Crippen molar-refractivity contribution in [3.05, 3.63) is 12.2 Å². The molecule has 0 N–H and O–H groups in total. The van der Waals surface area contributed by atoms with E-state index in [-0.39, 0.29) is 5.75 Å². The van der Waals surface area contributed by atoms with Crippen LogP contribution in [0.2, 0.25) is 0 Å². The highest BCUT2D eigenvalue weighted by atomic mass is 32.2. The van der Waals surface area contributed by atoms with Crippen LogP contribution in [0.5, 0.6) is 0 Å². The molecule has 0 amide bonds. The van der Waals surface area contributed by atoms with Gasteiger partial charge in [0.2, 0.25) is 0 Å². The van der Waals surface area contributed by atoms with Gasteiger partial charge in [-0.1, -0.05) is 12.2 Å². The van der Waals surface area contributed by atoms with E-state index in [1.54, 1.807) is 0 Å². The largest absolute Gasteiger partial charge is 0.229 e. The Labute approximate surface area is 56.5 Å². The lowest BCUT2D eigenvalue weighted by Gasteiger charge is -1.89. The minimum absolute atomic E-state index is 0.261. The highest BCUT2D eigenvalue weighted by Crippen LogP contribution is 1.89. The van der Waals surface area contributed by atoms with Crippen molar-refractivity contribution in [3.63, 3.8) is 0 Å². The second-order valence-corrected chi connectivity index (χ2v) is 4.25. The Morgan fingerprint density at radius 3 is 2.33 bits per heavy atom. The maximum Gasteiger partial charge on any atom is 0.147 e. The summed E-state index contributed by atoms with van der Waals surface area (Å²) in [6.07, 6.45) is 5.58. The van der Waals surface area contributed by atoms with Crippen LogP contribution in [-0.2, 0) is 9.84 Å². The number of allylic oxidation sites excluding steroid dienone is 2. The summed E-state index contributed by atoms with van der Waals surface area (Å²) in [6.45, 7) is 1.88. The monoisotopic (exact) mass is 148 g/mol. The number of hydrogen-bond acceptors (Lipinski definition) is 2. The second-order valence-electron chi connectivity index (χ2n) is 1.99. The first-order valence-electron chi connectivity index (χ1n) is 2.85. The van der Waals surface area contributed by atoms with Gasteiger partial charge in [0, 0.05) is 6.26 Å². The fourth-order valence-corrected chi connectivity index (χ4v) is 1.01. The van der Waals surface area contributed by atoms with Gasteiger partial charge in [-0.2, -0.15) is 0 Å². The lowest BCUT2D eigenvalue weighted by atomic mass is 10.4. The first kappa shape index (κ1) is 8.69. The topological polar surface area (TPSA) is 34.1 Å². The van der Waals surface area contributed by atoms with Crippen LogP contribution in [0.15, 0.2) is 12.2 Å². The standard InChI is InChI=1S/C6H12O2S/c1-3-4-5-6-9(2,7)8/h3-4H,5-6H2,1-2H3/b4-3+. The van der Waals surface area contributed by atoms with E-state index in [0.717, 1.165) is 0 Å². The molecule has 0 spiro atoms. The van der Waals surface area contributed by atoms with Crippen LogP contribution in [0.3, 0.4) is 0 Å². The van der Waals surface area contributed by atoms with Crippen LogP contribution in [-0.4, -0.2) is 20.4 Å². The van der Waals surface area contributed by atoms with Gasteiger partial charge in [-0.25, -0.2) is 8.42 Å². The minimum atomic E-state index is -2.75. The highest BCUT2D eigenvalue weighted by Gasteiger charge is 1.96. The SMILES string of the molecule is C/C=C/CCS(C)(=O)=O. The van der Waals surface area contributed by atoms with E-state index in [9.17, 15) is 8.42 Å². The van der Waals surface area contributed by atoms with Gasteiger partial charge in [-0.15, -0.1) is 0 Å². The van der Waals surface area contributed by atoms with Gasteiger partial charge in [-0.05, 0) is 13.3 Å². The minimum Gasteiger partial charge on any atom is -0.229 e. The van der Waals surface area contributed by atoms with Crippen molar-refractivity contribution in [3.8, 4) is 0 Å². The van der Waals surface area contributed by atoms with E-state index < -0.39 is 9.84 Å². The number of sulfone groups is 1. The van der Waals surface area contributed by atoms with E-state index in [0.29, 0.717) is 6.42 Å². The molecule has 2 nitrogen and oxygen atoms in total. The van der Waals surface area contributed by atoms with E-state index in [1.165, 1.54) is 6.26 Å². The Morgan fingerprint density at radius 2 is 2.00 bits per heavy atom. The Kier molecular flexibility index (Phi) is 3.54. The van der Waals surface area contributed by atoms with Gasteiger partial charge in [0.05, 0.1) is 5.75 Å². The van der Waals surface area contributed by atoms with Crippen molar-refractivity contribution in [2.45, 2.75) is 13.3 Å². The van der Waals surface area contributed by atoms with E-state index in [4.69, 9.17) is 0 Å². The van der Waals surface area contributed by atoms with Gasteiger partial charge >= 0.3 is 0 Å². The smallest absolute Gasteiger partial charge is 0.147 e. The molecule has 0 aromatic rings. The maximum atomic E-state index is 10.5. The summed E-state index contributed by atoms with van der Waals surface area (Å²) in [5.41, 5.74) is 0. The van der Waals surface area contributed by atoms with Gasteiger partial charge in [0.1, 0.15) is 9.84 Å². The van der Waals surface area contributed by atoms with Crippen molar-refractivity contribution < 1.29 is 8.42 Å². The van der Waals surface area contributed by atoms with Crippen LogP contribution in [0.4, 0.5) is 0 Å². The van der Waals surface area contributed by atoms with Crippen molar-refractivity contribution in [1.82, 2.24) is 0 Å². The summed E-state index contributed by atoms with van der Waals surface area (Å²) in [5.74, 6) is 0.261. The summed E-state index contributed by atoms with van der Waals surface area (Å²) < 4.78 is 20.9. The molecule has 0 bridgehead atoms. The summed E-state index contributed by atoms with van der Waals surface area (Å²) in [5, 5.41) is 0. The van der Waals surface area contributed by atoms with Crippen molar-refractivity contribution in [2.75, 3.05) is 12.0 Å². The van der Waals surface area contributed by atoms with Crippen molar-refractivity contribution >= 4 is 9.84 Å². The van der Waals surface area contributed by atoms with E-state index in [2.05, 4.69) is 0 Å². The molecule has 0 aromatic heterocycles. The molecule has 0 fully saturated rings. The third-order valence-electron chi connectivity index (χ3n) is 0.891. The van der Waals surface area contributed by atoms with Crippen molar-refractivity contribution in [2.24, 2.45) is 0 Å². The zero-order valence-corrected chi connectivity index (χ0v) is 6.61. The van der Waals surface area contributed by atoms with Gasteiger partial charge in [0.25, 0.3) is 0 Å². The Bertz CT molecular complexity index is 177. The molecule has 0 aliphatic heterocycles. The second kappa shape index (κ2) is 3.67. The predicted octanol–water partition coefficient (Wildman–Crippen LogP) is 0.997. The van der Waals surface area contributed by atoms with Crippen LogP contribution in [0.1, 0.15) is 13.3 Å². The molecule has 3 heteroatoms. The number of rotatable bonds is 3. The maximum absolute atomic E-state index is 10.5. The van der Waals surface area contributed by atoms with Crippen LogP contribution < -0.4 is 0 Å². The molecule has 0 radical (unpaired) electrons. The molecule has 0 aromatic carbocycles. The molecule has 54 valence electrons. The van der Waals surface area contributed by atoms with Crippen LogP contribution in [0, 0.1) is 0 Å². The predicted molar refractivity (Wildman–Crippen MR) is 39.1 cm³/mol. The molecular formula is C6H12O2S. The fraction of sp³-hybridized carbons (Fsp3) is 0.667. The highest BCUT2D eigenvalue weighted by molar-refractivity contribution is 7.90. The quantitative estimate of drug-likeness (QED) is 0.559. The van der Waals surface area contributed by atoms with E-state index >= 15 is 0 Å². The van der Waals surface area contributed by atoms with Crippen LogP contribution in [0.25, 0.3) is 0 Å². The molecule has 0 atom stereocenters. The zero-order chi connectivity index (χ0) is 7.33. The van der Waals surface area contributed by atoms with Crippen LogP contribution >= 0.6 is 0 Å². The molecule has 0 saturated heterocycles. The Morgan fingerprint density at radius 1 is 1.44 bits per heavy atom. The molecule has 0 saturated carbocycles.